The normalized spacial score (nSPS) is 12.5. The number of nitrogens with zero attached hydrogens (tertiary/aromatic N) is 2. The Morgan fingerprint density at radius 1 is 1.12 bits per heavy atom. The van der Waals surface area contributed by atoms with E-state index in [-0.39, 0.29) is 5.91 Å². The summed E-state index contributed by atoms with van der Waals surface area (Å²) in [6, 6.07) is 15.8. The highest BCUT2D eigenvalue weighted by Crippen LogP contribution is 2.27. The third kappa shape index (κ3) is 5.32. The third-order valence-electron chi connectivity index (χ3n) is 5.56. The fraction of sp³-hybridized carbons (Fsp3) is 0.200. The monoisotopic (exact) mass is 541 g/mol. The zero-order chi connectivity index (χ0) is 22.8. The van der Waals surface area contributed by atoms with Crippen LogP contribution in [0.4, 0.5) is 5.82 Å². The summed E-state index contributed by atoms with van der Waals surface area (Å²) >= 11 is 10.8. The number of halogens is 2. The van der Waals surface area contributed by atoms with Crippen LogP contribution in [-0.4, -0.2) is 15.7 Å². The van der Waals surface area contributed by atoms with Crippen LogP contribution < -0.4 is 10.1 Å². The van der Waals surface area contributed by atoms with Crippen molar-refractivity contribution in [2.75, 3.05) is 5.32 Å². The maximum absolute atomic E-state index is 12.8. The number of benzene rings is 2. The van der Waals surface area contributed by atoms with Crippen molar-refractivity contribution in [2.45, 2.75) is 32.4 Å². The minimum absolute atomic E-state index is 0.193. The second kappa shape index (κ2) is 9.71. The lowest BCUT2D eigenvalue weighted by Crippen LogP contribution is -2.11. The molecule has 0 unspecified atom stereocenters. The maximum Gasteiger partial charge on any atom is 0.266 e. The van der Waals surface area contributed by atoms with Gasteiger partial charge < -0.3 is 10.1 Å². The molecule has 4 aromatic rings. The highest BCUT2D eigenvalue weighted by molar-refractivity contribution is 9.10. The summed E-state index contributed by atoms with van der Waals surface area (Å²) in [5.41, 5.74) is 4.86. The van der Waals surface area contributed by atoms with E-state index < -0.39 is 0 Å². The second-order valence-corrected chi connectivity index (χ2v) is 10.2. The topological polar surface area (TPSA) is 56.2 Å². The summed E-state index contributed by atoms with van der Waals surface area (Å²) in [5, 5.41) is 10.0. The average Bonchev–Trinajstić information content (AvgIpc) is 3.54. The van der Waals surface area contributed by atoms with Crippen molar-refractivity contribution < 1.29 is 9.53 Å². The third-order valence-corrected chi connectivity index (χ3v) is 7.37. The number of hydrogen-bond acceptors (Lipinski definition) is 4. The van der Waals surface area contributed by atoms with Gasteiger partial charge in [-0.25, -0.2) is 0 Å². The van der Waals surface area contributed by atoms with Gasteiger partial charge in [0.25, 0.3) is 5.91 Å². The molecule has 0 atom stereocenters. The first kappa shape index (κ1) is 22.2. The van der Waals surface area contributed by atoms with E-state index in [1.54, 1.807) is 4.68 Å². The number of anilines is 1. The Bertz CT molecular complexity index is 1300. The minimum atomic E-state index is -0.193. The molecule has 1 aliphatic carbocycles. The van der Waals surface area contributed by atoms with Crippen LogP contribution >= 0.6 is 38.9 Å². The number of fused-ring (bicyclic) bond motifs is 1. The molecule has 0 fully saturated rings. The van der Waals surface area contributed by atoms with Gasteiger partial charge in [0.1, 0.15) is 12.4 Å². The smallest absolute Gasteiger partial charge is 0.266 e. The van der Waals surface area contributed by atoms with Gasteiger partial charge in [0.05, 0.1) is 15.9 Å². The van der Waals surface area contributed by atoms with E-state index in [4.69, 9.17) is 16.3 Å². The highest BCUT2D eigenvalue weighted by atomic mass is 79.9. The van der Waals surface area contributed by atoms with Gasteiger partial charge in [-0.1, -0.05) is 29.8 Å². The standard InChI is InChI=1S/C25H21BrClN3O2S/c26-22-13-30(12-16-4-7-20(27)8-5-16)29-24(22)28-25(31)23-10-17(15-33-23)14-32-21-9-6-18-2-1-3-19(18)11-21/h4-11,13,15H,1-3,12,14H2,(H,28,29,31). The summed E-state index contributed by atoms with van der Waals surface area (Å²) < 4.78 is 8.45. The molecule has 8 heteroatoms. The Labute approximate surface area is 209 Å². The van der Waals surface area contributed by atoms with Gasteiger partial charge in [-0.15, -0.1) is 11.3 Å². The Balaban J connectivity index is 1.19. The Morgan fingerprint density at radius 2 is 1.94 bits per heavy atom. The second-order valence-electron chi connectivity index (χ2n) is 8.00. The molecule has 5 nitrogen and oxygen atoms in total. The van der Waals surface area contributed by atoms with E-state index in [1.165, 1.54) is 28.9 Å². The van der Waals surface area contributed by atoms with Gasteiger partial charge in [-0.05, 0) is 87.6 Å². The van der Waals surface area contributed by atoms with Gasteiger partial charge in [0, 0.05) is 16.8 Å². The number of nitrogens with one attached hydrogen (secondary N) is 1. The molecule has 0 saturated heterocycles. The number of amides is 1. The SMILES string of the molecule is O=C(Nc1nn(Cc2ccc(Cl)cc2)cc1Br)c1cc(COc2ccc3c(c2)CCC3)cs1. The molecule has 5 rings (SSSR count). The molecule has 2 aromatic heterocycles. The van der Waals surface area contributed by atoms with Crippen LogP contribution in [0.25, 0.3) is 0 Å². The van der Waals surface area contributed by atoms with Crippen molar-refractivity contribution in [1.29, 1.82) is 0 Å². The predicted molar refractivity (Wildman–Crippen MR) is 136 cm³/mol. The van der Waals surface area contributed by atoms with E-state index in [0.717, 1.165) is 34.2 Å². The number of carbonyl (C=O) groups is 1. The van der Waals surface area contributed by atoms with Gasteiger partial charge in [0.2, 0.25) is 0 Å². The highest BCUT2D eigenvalue weighted by Gasteiger charge is 2.15. The largest absolute Gasteiger partial charge is 0.489 e. The van der Waals surface area contributed by atoms with E-state index in [9.17, 15) is 4.79 Å². The van der Waals surface area contributed by atoms with Crippen molar-refractivity contribution in [3.8, 4) is 5.75 Å². The van der Waals surface area contributed by atoms with E-state index in [1.807, 2.05) is 48.0 Å². The van der Waals surface area contributed by atoms with Crippen LogP contribution in [-0.2, 0) is 26.0 Å². The molecular weight excluding hydrogens is 522 g/mol. The van der Waals surface area contributed by atoms with Crippen LogP contribution in [0.3, 0.4) is 0 Å². The number of thiophene rings is 1. The van der Waals surface area contributed by atoms with Crippen molar-refractivity contribution in [1.82, 2.24) is 9.78 Å². The summed E-state index contributed by atoms with van der Waals surface area (Å²) in [7, 11) is 0. The Hall–Kier alpha value is -2.61. The summed E-state index contributed by atoms with van der Waals surface area (Å²) in [6.07, 6.45) is 5.35. The van der Waals surface area contributed by atoms with Crippen molar-refractivity contribution in [3.05, 3.63) is 96.7 Å². The van der Waals surface area contributed by atoms with Gasteiger partial charge in [-0.2, -0.15) is 5.10 Å². The molecule has 1 N–H and O–H groups in total. The maximum atomic E-state index is 12.8. The van der Waals surface area contributed by atoms with Crippen LogP contribution in [0.15, 0.2) is 64.6 Å². The number of hydrogen-bond donors (Lipinski definition) is 1. The molecule has 2 aromatic carbocycles. The van der Waals surface area contributed by atoms with Gasteiger partial charge >= 0.3 is 0 Å². The molecule has 1 aliphatic rings. The van der Waals surface area contributed by atoms with E-state index >= 15 is 0 Å². The van der Waals surface area contributed by atoms with Crippen LogP contribution in [0, 0.1) is 0 Å². The Morgan fingerprint density at radius 3 is 2.79 bits per heavy atom. The fourth-order valence-electron chi connectivity index (χ4n) is 3.88. The average molecular weight is 543 g/mol. The molecule has 0 spiro atoms. The summed E-state index contributed by atoms with van der Waals surface area (Å²) in [5.74, 6) is 1.17. The molecule has 2 heterocycles. The minimum Gasteiger partial charge on any atom is -0.489 e. The quantitative estimate of drug-likeness (QED) is 0.282. The molecule has 0 saturated carbocycles. The number of ether oxygens (including phenoxy) is 1. The zero-order valence-corrected chi connectivity index (χ0v) is 20.8. The number of aryl methyl sites for hydroxylation is 2. The molecule has 168 valence electrons. The number of carbonyl (C=O) groups excluding carboxylic acids is 1. The number of rotatable bonds is 7. The molecule has 0 radical (unpaired) electrons. The Kier molecular flexibility index (Phi) is 6.53. The van der Waals surface area contributed by atoms with Crippen molar-refractivity contribution in [3.63, 3.8) is 0 Å². The molecule has 1 amide bonds. The van der Waals surface area contributed by atoms with Crippen LogP contribution in [0.1, 0.15) is 38.3 Å². The first-order valence-corrected chi connectivity index (χ1v) is 12.7. The molecular formula is C25H21BrClN3O2S. The predicted octanol–water partition coefficient (Wildman–Crippen LogP) is 6.73. The van der Waals surface area contributed by atoms with Crippen LogP contribution in [0.5, 0.6) is 5.75 Å². The lowest BCUT2D eigenvalue weighted by atomic mass is 10.1. The van der Waals surface area contributed by atoms with E-state index in [0.29, 0.717) is 28.9 Å². The summed E-state index contributed by atoms with van der Waals surface area (Å²) in [6.45, 7) is 1.01. The zero-order valence-electron chi connectivity index (χ0n) is 17.7. The van der Waals surface area contributed by atoms with Gasteiger partial charge in [0.15, 0.2) is 5.82 Å². The van der Waals surface area contributed by atoms with Crippen molar-refractivity contribution >= 4 is 50.6 Å². The number of aromatic nitrogens is 2. The molecule has 0 aliphatic heterocycles. The molecule has 33 heavy (non-hydrogen) atoms. The first-order chi connectivity index (χ1) is 16.0. The van der Waals surface area contributed by atoms with Crippen LogP contribution in [0.2, 0.25) is 5.02 Å². The van der Waals surface area contributed by atoms with Gasteiger partial charge in [-0.3, -0.25) is 9.48 Å². The summed E-state index contributed by atoms with van der Waals surface area (Å²) in [4.78, 5) is 13.4. The lowest BCUT2D eigenvalue weighted by molar-refractivity contribution is 0.103. The van der Waals surface area contributed by atoms with Crippen molar-refractivity contribution in [2.24, 2.45) is 0 Å². The lowest BCUT2D eigenvalue weighted by Gasteiger charge is -2.07. The van der Waals surface area contributed by atoms with E-state index in [2.05, 4.69) is 38.5 Å². The fourth-order valence-corrected chi connectivity index (χ4v) is 5.22. The first-order valence-electron chi connectivity index (χ1n) is 10.6. The molecule has 0 bridgehead atoms.